The van der Waals surface area contributed by atoms with Crippen LogP contribution in [0.1, 0.15) is 25.5 Å². The third-order valence-electron chi connectivity index (χ3n) is 4.09. The summed E-state index contributed by atoms with van der Waals surface area (Å²) in [5, 5.41) is 14.1. The van der Waals surface area contributed by atoms with Crippen LogP contribution in [-0.4, -0.2) is 39.5 Å². The number of carbonyl (C=O) groups excluding carboxylic acids is 1. The lowest BCUT2D eigenvalue weighted by molar-refractivity contribution is -0.152. The molecule has 1 aliphatic rings. The Kier molecular flexibility index (Phi) is 4.77. The predicted octanol–water partition coefficient (Wildman–Crippen LogP) is 3.13. The molecule has 1 fully saturated rings. The SMILES string of the molecule is CC1CCN(C(=O)Cc2csc(-c3cccs3)n2)C(C(=O)O)C1. The first-order chi connectivity index (χ1) is 11.0. The minimum Gasteiger partial charge on any atom is -0.480 e. The topological polar surface area (TPSA) is 70.5 Å². The molecule has 1 N–H and O–H groups in total. The van der Waals surface area contributed by atoms with E-state index in [-0.39, 0.29) is 12.3 Å². The van der Waals surface area contributed by atoms with E-state index >= 15 is 0 Å². The second kappa shape index (κ2) is 6.80. The van der Waals surface area contributed by atoms with Crippen LogP contribution in [0.15, 0.2) is 22.9 Å². The van der Waals surface area contributed by atoms with Crippen molar-refractivity contribution in [2.75, 3.05) is 6.54 Å². The third-order valence-corrected chi connectivity index (χ3v) is 6.02. The molecule has 7 heteroatoms. The van der Waals surface area contributed by atoms with E-state index in [0.29, 0.717) is 24.6 Å². The van der Waals surface area contributed by atoms with Crippen LogP contribution >= 0.6 is 22.7 Å². The Hall–Kier alpha value is -1.73. The summed E-state index contributed by atoms with van der Waals surface area (Å²) in [5.41, 5.74) is 0.714. The number of carboxylic acid groups (broad SMARTS) is 1. The first-order valence-electron chi connectivity index (χ1n) is 7.55. The Morgan fingerprint density at radius 1 is 1.43 bits per heavy atom. The summed E-state index contributed by atoms with van der Waals surface area (Å²) in [4.78, 5) is 31.0. The number of carbonyl (C=O) groups is 2. The molecule has 2 atom stereocenters. The molecule has 5 nitrogen and oxygen atoms in total. The van der Waals surface area contributed by atoms with Crippen molar-refractivity contribution in [1.82, 2.24) is 9.88 Å². The van der Waals surface area contributed by atoms with Gasteiger partial charge in [-0.3, -0.25) is 4.79 Å². The number of nitrogens with zero attached hydrogens (tertiary/aromatic N) is 2. The van der Waals surface area contributed by atoms with E-state index in [9.17, 15) is 14.7 Å². The normalized spacial score (nSPS) is 21.3. The summed E-state index contributed by atoms with van der Waals surface area (Å²) < 4.78 is 0. The van der Waals surface area contributed by atoms with Gasteiger partial charge in [-0.2, -0.15) is 0 Å². The number of aliphatic carboxylic acids is 1. The van der Waals surface area contributed by atoms with Gasteiger partial charge in [0.25, 0.3) is 0 Å². The monoisotopic (exact) mass is 350 g/mol. The number of piperidine rings is 1. The minimum absolute atomic E-state index is 0.146. The highest BCUT2D eigenvalue weighted by Gasteiger charge is 2.34. The summed E-state index contributed by atoms with van der Waals surface area (Å²) in [7, 11) is 0. The van der Waals surface area contributed by atoms with Crippen LogP contribution in [0, 0.1) is 5.92 Å². The van der Waals surface area contributed by atoms with Gasteiger partial charge in [0.2, 0.25) is 5.91 Å². The van der Waals surface area contributed by atoms with E-state index in [4.69, 9.17) is 0 Å². The van der Waals surface area contributed by atoms with E-state index in [1.807, 2.05) is 29.8 Å². The third kappa shape index (κ3) is 3.61. The lowest BCUT2D eigenvalue weighted by Gasteiger charge is -2.35. The molecule has 0 spiro atoms. The molecule has 0 aliphatic carbocycles. The smallest absolute Gasteiger partial charge is 0.326 e. The maximum Gasteiger partial charge on any atom is 0.326 e. The second-order valence-electron chi connectivity index (χ2n) is 5.87. The quantitative estimate of drug-likeness (QED) is 0.920. The molecule has 0 radical (unpaired) electrons. The van der Waals surface area contributed by atoms with Gasteiger partial charge in [-0.05, 0) is 30.2 Å². The average Bonchev–Trinajstić information content (AvgIpc) is 3.17. The summed E-state index contributed by atoms with van der Waals surface area (Å²) in [6, 6.07) is 3.27. The maximum atomic E-state index is 12.5. The highest BCUT2D eigenvalue weighted by Crippen LogP contribution is 2.28. The van der Waals surface area contributed by atoms with Gasteiger partial charge in [0.1, 0.15) is 11.0 Å². The molecule has 1 aliphatic heterocycles. The van der Waals surface area contributed by atoms with E-state index in [1.54, 1.807) is 11.3 Å². The number of aromatic nitrogens is 1. The zero-order valence-corrected chi connectivity index (χ0v) is 14.4. The zero-order valence-electron chi connectivity index (χ0n) is 12.8. The van der Waals surface area contributed by atoms with Crippen LogP contribution in [0.4, 0.5) is 0 Å². The summed E-state index contributed by atoms with van der Waals surface area (Å²) >= 11 is 3.13. The van der Waals surface area contributed by atoms with Gasteiger partial charge < -0.3 is 10.0 Å². The van der Waals surface area contributed by atoms with Crippen molar-refractivity contribution in [3.05, 3.63) is 28.6 Å². The number of likely N-dealkylation sites (tertiary alicyclic amines) is 1. The van der Waals surface area contributed by atoms with E-state index in [0.717, 1.165) is 16.3 Å². The van der Waals surface area contributed by atoms with Crippen LogP contribution in [0.5, 0.6) is 0 Å². The molecule has 23 heavy (non-hydrogen) atoms. The fraction of sp³-hybridized carbons (Fsp3) is 0.438. The van der Waals surface area contributed by atoms with Crippen LogP contribution in [-0.2, 0) is 16.0 Å². The van der Waals surface area contributed by atoms with E-state index in [2.05, 4.69) is 4.98 Å². The predicted molar refractivity (Wildman–Crippen MR) is 90.7 cm³/mol. The van der Waals surface area contributed by atoms with Crippen molar-refractivity contribution < 1.29 is 14.7 Å². The summed E-state index contributed by atoms with van der Waals surface area (Å²) in [6.45, 7) is 2.55. The second-order valence-corrected chi connectivity index (χ2v) is 7.67. The lowest BCUT2D eigenvalue weighted by atomic mass is 9.92. The summed E-state index contributed by atoms with van der Waals surface area (Å²) in [6.07, 6.45) is 1.55. The fourth-order valence-electron chi connectivity index (χ4n) is 2.83. The van der Waals surface area contributed by atoms with Gasteiger partial charge in [0.15, 0.2) is 0 Å². The molecule has 2 aromatic heterocycles. The number of carboxylic acids is 1. The van der Waals surface area contributed by atoms with E-state index < -0.39 is 12.0 Å². The molecule has 1 saturated heterocycles. The van der Waals surface area contributed by atoms with Crippen molar-refractivity contribution >= 4 is 34.6 Å². The van der Waals surface area contributed by atoms with Crippen molar-refractivity contribution in [2.45, 2.75) is 32.2 Å². The van der Waals surface area contributed by atoms with Gasteiger partial charge >= 0.3 is 5.97 Å². The summed E-state index contributed by atoms with van der Waals surface area (Å²) in [5.74, 6) is -0.723. The van der Waals surface area contributed by atoms with Crippen molar-refractivity contribution in [3.63, 3.8) is 0 Å². The molecular weight excluding hydrogens is 332 g/mol. The van der Waals surface area contributed by atoms with Crippen LogP contribution in [0.2, 0.25) is 0 Å². The number of hydrogen-bond donors (Lipinski definition) is 1. The molecule has 3 rings (SSSR count). The zero-order chi connectivity index (χ0) is 16.4. The number of hydrogen-bond acceptors (Lipinski definition) is 5. The van der Waals surface area contributed by atoms with Crippen LogP contribution in [0.25, 0.3) is 9.88 Å². The molecule has 2 aromatic rings. The Morgan fingerprint density at radius 2 is 2.26 bits per heavy atom. The molecule has 122 valence electrons. The Labute approximate surface area is 142 Å². The van der Waals surface area contributed by atoms with Crippen molar-refractivity contribution in [2.24, 2.45) is 5.92 Å². The Bertz CT molecular complexity index is 696. The van der Waals surface area contributed by atoms with Crippen LogP contribution < -0.4 is 0 Å². The molecular formula is C16H18N2O3S2. The van der Waals surface area contributed by atoms with Gasteiger partial charge in [-0.1, -0.05) is 13.0 Å². The number of thiazole rings is 1. The lowest BCUT2D eigenvalue weighted by Crippen LogP contribution is -2.50. The standard InChI is InChI=1S/C16H18N2O3S2/c1-10-4-5-18(12(7-10)16(20)21)14(19)8-11-9-23-15(17-11)13-3-2-6-22-13/h2-3,6,9-10,12H,4-5,7-8H2,1H3,(H,20,21). The highest BCUT2D eigenvalue weighted by atomic mass is 32.1. The molecule has 1 amide bonds. The fourth-order valence-corrected chi connectivity index (χ4v) is 4.47. The van der Waals surface area contributed by atoms with Gasteiger partial charge in [-0.15, -0.1) is 22.7 Å². The molecule has 0 aromatic carbocycles. The molecule has 0 saturated carbocycles. The first kappa shape index (κ1) is 16.1. The Balaban J connectivity index is 1.70. The van der Waals surface area contributed by atoms with Crippen molar-refractivity contribution in [1.29, 1.82) is 0 Å². The highest BCUT2D eigenvalue weighted by molar-refractivity contribution is 7.20. The Morgan fingerprint density at radius 3 is 2.96 bits per heavy atom. The van der Waals surface area contributed by atoms with Crippen LogP contribution in [0.3, 0.4) is 0 Å². The largest absolute Gasteiger partial charge is 0.480 e. The molecule has 2 unspecified atom stereocenters. The molecule has 3 heterocycles. The number of thiophene rings is 1. The average molecular weight is 350 g/mol. The molecule has 0 bridgehead atoms. The number of rotatable bonds is 4. The van der Waals surface area contributed by atoms with Gasteiger partial charge in [0.05, 0.1) is 17.0 Å². The number of amides is 1. The van der Waals surface area contributed by atoms with Crippen molar-refractivity contribution in [3.8, 4) is 9.88 Å². The van der Waals surface area contributed by atoms with Gasteiger partial charge in [-0.25, -0.2) is 9.78 Å². The maximum absolute atomic E-state index is 12.5. The minimum atomic E-state index is -0.914. The van der Waals surface area contributed by atoms with Gasteiger partial charge in [0, 0.05) is 11.9 Å². The van der Waals surface area contributed by atoms with E-state index in [1.165, 1.54) is 16.2 Å². The first-order valence-corrected chi connectivity index (χ1v) is 9.31.